The van der Waals surface area contributed by atoms with Gasteiger partial charge in [0.25, 0.3) is 0 Å². The molecule has 3 nitrogen and oxygen atoms in total. The van der Waals surface area contributed by atoms with E-state index in [1.165, 1.54) is 0 Å². The highest BCUT2D eigenvalue weighted by Crippen LogP contribution is 2.24. The second kappa shape index (κ2) is 4.73. The molecule has 78 valence electrons. The summed E-state index contributed by atoms with van der Waals surface area (Å²) in [7, 11) is 0. The van der Waals surface area contributed by atoms with Gasteiger partial charge in [-0.1, -0.05) is 27.2 Å². The van der Waals surface area contributed by atoms with E-state index in [2.05, 4.69) is 46.7 Å². The van der Waals surface area contributed by atoms with Gasteiger partial charge in [0, 0.05) is 5.92 Å². The molecule has 2 N–H and O–H groups in total. The van der Waals surface area contributed by atoms with Crippen molar-refractivity contribution >= 4 is 21.7 Å². The Morgan fingerprint density at radius 1 is 1.36 bits per heavy atom. The molecule has 0 atom stereocenters. The second-order valence-corrected chi connectivity index (χ2v) is 4.43. The van der Waals surface area contributed by atoms with Gasteiger partial charge in [-0.05, 0) is 22.4 Å². The molecule has 0 fully saturated rings. The molecule has 0 aromatic carbocycles. The Balaban J connectivity index is 3.14. The van der Waals surface area contributed by atoms with E-state index in [9.17, 15) is 0 Å². The minimum Gasteiger partial charge on any atom is -0.383 e. The lowest BCUT2D eigenvalue weighted by molar-refractivity contribution is 0.747. The van der Waals surface area contributed by atoms with Crippen LogP contribution in [0.5, 0.6) is 0 Å². The van der Waals surface area contributed by atoms with Crippen molar-refractivity contribution < 1.29 is 0 Å². The maximum Gasteiger partial charge on any atom is 0.141 e. The van der Waals surface area contributed by atoms with Gasteiger partial charge in [-0.25, -0.2) is 9.97 Å². The van der Waals surface area contributed by atoms with E-state index < -0.39 is 0 Å². The summed E-state index contributed by atoms with van der Waals surface area (Å²) in [6.45, 7) is 6.26. The van der Waals surface area contributed by atoms with Crippen LogP contribution in [0.1, 0.15) is 44.6 Å². The van der Waals surface area contributed by atoms with Crippen LogP contribution in [0.2, 0.25) is 0 Å². The lowest BCUT2D eigenvalue weighted by Crippen LogP contribution is -2.06. The molecule has 0 bridgehead atoms. The largest absolute Gasteiger partial charge is 0.383 e. The van der Waals surface area contributed by atoms with Crippen molar-refractivity contribution in [3.8, 4) is 0 Å². The van der Waals surface area contributed by atoms with Gasteiger partial charge in [-0.15, -0.1) is 0 Å². The Labute approximate surface area is 93.3 Å². The number of aromatic nitrogens is 2. The Hall–Kier alpha value is -0.640. The first kappa shape index (κ1) is 11.4. The van der Waals surface area contributed by atoms with Crippen LogP contribution in [0, 0.1) is 0 Å². The van der Waals surface area contributed by atoms with Gasteiger partial charge < -0.3 is 5.73 Å². The van der Waals surface area contributed by atoms with Crippen molar-refractivity contribution in [1.82, 2.24) is 9.97 Å². The highest BCUT2D eigenvalue weighted by atomic mass is 79.9. The van der Waals surface area contributed by atoms with E-state index in [0.717, 1.165) is 28.8 Å². The molecule has 0 aliphatic rings. The van der Waals surface area contributed by atoms with Gasteiger partial charge in [-0.3, -0.25) is 0 Å². The maximum absolute atomic E-state index is 5.79. The zero-order chi connectivity index (χ0) is 10.7. The minimum absolute atomic E-state index is 0.320. The van der Waals surface area contributed by atoms with Crippen LogP contribution >= 0.6 is 15.9 Å². The number of nitrogens with zero attached hydrogens (tertiary/aromatic N) is 2. The number of nitrogen functional groups attached to an aromatic ring is 1. The number of hydrogen-bond donors (Lipinski definition) is 1. The van der Waals surface area contributed by atoms with Gasteiger partial charge in [0.15, 0.2) is 0 Å². The van der Waals surface area contributed by atoms with Crippen LogP contribution in [-0.4, -0.2) is 9.97 Å². The highest BCUT2D eigenvalue weighted by molar-refractivity contribution is 9.10. The van der Waals surface area contributed by atoms with Gasteiger partial charge in [0.1, 0.15) is 11.6 Å². The van der Waals surface area contributed by atoms with Crippen molar-refractivity contribution in [3.63, 3.8) is 0 Å². The molecule has 0 spiro atoms. The molecule has 1 rings (SSSR count). The van der Waals surface area contributed by atoms with Crippen molar-refractivity contribution in [2.24, 2.45) is 0 Å². The lowest BCUT2D eigenvalue weighted by atomic mass is 10.2. The van der Waals surface area contributed by atoms with Crippen LogP contribution in [0.3, 0.4) is 0 Å². The third kappa shape index (κ3) is 2.44. The highest BCUT2D eigenvalue weighted by Gasteiger charge is 2.11. The maximum atomic E-state index is 5.79. The van der Waals surface area contributed by atoms with Crippen LogP contribution < -0.4 is 5.73 Å². The molecule has 0 saturated carbocycles. The van der Waals surface area contributed by atoms with Crippen LogP contribution in [0.25, 0.3) is 0 Å². The first-order valence-electron chi connectivity index (χ1n) is 4.88. The topological polar surface area (TPSA) is 51.8 Å². The summed E-state index contributed by atoms with van der Waals surface area (Å²) in [6.07, 6.45) is 2.00. The Bertz CT molecular complexity index is 323. The summed E-state index contributed by atoms with van der Waals surface area (Å²) >= 11 is 3.41. The minimum atomic E-state index is 0.320. The quantitative estimate of drug-likeness (QED) is 0.906. The molecule has 0 aliphatic heterocycles. The lowest BCUT2D eigenvalue weighted by Gasteiger charge is -2.09. The summed E-state index contributed by atoms with van der Waals surface area (Å²) in [5.74, 6) is 1.70. The number of rotatable bonds is 3. The van der Waals surface area contributed by atoms with Gasteiger partial charge in [0.05, 0.1) is 10.2 Å². The Kier molecular flexibility index (Phi) is 3.86. The van der Waals surface area contributed by atoms with Crippen LogP contribution in [0.4, 0.5) is 5.82 Å². The van der Waals surface area contributed by atoms with Crippen LogP contribution in [-0.2, 0) is 6.42 Å². The predicted molar refractivity (Wildman–Crippen MR) is 62.2 cm³/mol. The molecule has 1 aromatic rings. The average Bonchev–Trinajstić information content (AvgIpc) is 2.12. The van der Waals surface area contributed by atoms with Gasteiger partial charge in [-0.2, -0.15) is 0 Å². The monoisotopic (exact) mass is 257 g/mol. The van der Waals surface area contributed by atoms with Gasteiger partial charge >= 0.3 is 0 Å². The van der Waals surface area contributed by atoms with Crippen molar-refractivity contribution in [1.29, 1.82) is 0 Å². The molecule has 0 aliphatic carbocycles. The SMILES string of the molecule is CCCc1nc(C(C)C)nc(N)c1Br. The molecule has 0 amide bonds. The number of nitrogens with two attached hydrogens (primary N) is 1. The standard InChI is InChI=1S/C10H16BrN3/c1-4-5-7-8(11)9(12)14-10(13-7)6(2)3/h6H,4-5H2,1-3H3,(H2,12,13,14). The predicted octanol–water partition coefficient (Wildman–Crippen LogP) is 2.90. The fourth-order valence-electron chi connectivity index (χ4n) is 1.19. The zero-order valence-electron chi connectivity index (χ0n) is 8.84. The number of hydrogen-bond acceptors (Lipinski definition) is 3. The molecule has 0 unspecified atom stereocenters. The fourth-order valence-corrected chi connectivity index (χ4v) is 1.57. The molecule has 4 heteroatoms. The van der Waals surface area contributed by atoms with Crippen molar-refractivity contribution in [2.45, 2.75) is 39.5 Å². The molecule has 14 heavy (non-hydrogen) atoms. The molecular formula is C10H16BrN3. The Morgan fingerprint density at radius 3 is 2.50 bits per heavy atom. The molecular weight excluding hydrogens is 242 g/mol. The van der Waals surface area contributed by atoms with E-state index in [4.69, 9.17) is 5.73 Å². The number of halogens is 1. The average molecular weight is 258 g/mol. The molecule has 0 saturated heterocycles. The number of anilines is 1. The summed E-state index contributed by atoms with van der Waals surface area (Å²) in [5, 5.41) is 0. The van der Waals surface area contributed by atoms with E-state index in [1.807, 2.05) is 0 Å². The number of aryl methyl sites for hydroxylation is 1. The summed E-state index contributed by atoms with van der Waals surface area (Å²) in [4.78, 5) is 8.72. The molecule has 0 radical (unpaired) electrons. The van der Waals surface area contributed by atoms with E-state index in [1.54, 1.807) is 0 Å². The first-order chi connectivity index (χ1) is 6.56. The third-order valence-electron chi connectivity index (χ3n) is 1.97. The zero-order valence-corrected chi connectivity index (χ0v) is 10.4. The first-order valence-corrected chi connectivity index (χ1v) is 5.67. The summed E-state index contributed by atoms with van der Waals surface area (Å²) < 4.78 is 0.851. The second-order valence-electron chi connectivity index (χ2n) is 3.63. The summed E-state index contributed by atoms with van der Waals surface area (Å²) in [6, 6.07) is 0. The van der Waals surface area contributed by atoms with Crippen LogP contribution in [0.15, 0.2) is 4.47 Å². The smallest absolute Gasteiger partial charge is 0.141 e. The normalized spacial score (nSPS) is 10.9. The third-order valence-corrected chi connectivity index (χ3v) is 2.83. The molecule has 1 heterocycles. The van der Waals surface area contributed by atoms with Gasteiger partial charge in [0.2, 0.25) is 0 Å². The van der Waals surface area contributed by atoms with Crippen molar-refractivity contribution in [3.05, 3.63) is 16.0 Å². The summed E-state index contributed by atoms with van der Waals surface area (Å²) in [5.41, 5.74) is 6.81. The fraction of sp³-hybridized carbons (Fsp3) is 0.600. The van der Waals surface area contributed by atoms with E-state index in [-0.39, 0.29) is 0 Å². The van der Waals surface area contributed by atoms with Crippen molar-refractivity contribution in [2.75, 3.05) is 5.73 Å². The van der Waals surface area contributed by atoms with E-state index in [0.29, 0.717) is 11.7 Å². The van der Waals surface area contributed by atoms with E-state index >= 15 is 0 Å². The Morgan fingerprint density at radius 2 is 2.00 bits per heavy atom. The molecule has 1 aromatic heterocycles.